The van der Waals surface area contributed by atoms with Gasteiger partial charge in [0.2, 0.25) is 11.0 Å². The predicted octanol–water partition coefficient (Wildman–Crippen LogP) is 5.66. The molecule has 0 spiro atoms. The number of aryl methyl sites for hydroxylation is 1. The lowest BCUT2D eigenvalue weighted by Gasteiger charge is -2.18. The molecule has 0 radical (unpaired) electrons. The normalized spacial score (nSPS) is 16.2. The van der Waals surface area contributed by atoms with Crippen molar-refractivity contribution in [2.75, 3.05) is 5.32 Å². The lowest BCUT2D eigenvalue weighted by atomic mass is 9.90. The number of anilines is 1. The molecule has 3 aromatic heterocycles. The Balaban J connectivity index is 1.45. The van der Waals surface area contributed by atoms with Crippen molar-refractivity contribution >= 4 is 55.7 Å². The summed E-state index contributed by atoms with van der Waals surface area (Å²) in [5, 5.41) is 14.9. The molecular formula is C20H25N5OS3. The van der Waals surface area contributed by atoms with Crippen LogP contribution < -0.4 is 5.32 Å². The predicted molar refractivity (Wildman–Crippen MR) is 121 cm³/mol. The van der Waals surface area contributed by atoms with Crippen LogP contribution in [0.15, 0.2) is 17.4 Å². The number of carbonyl (C=O) groups excluding carboxylic acids is 1. The molecule has 1 N–H and O–H groups in total. The summed E-state index contributed by atoms with van der Waals surface area (Å²) in [7, 11) is 0. The van der Waals surface area contributed by atoms with Gasteiger partial charge in [0, 0.05) is 16.2 Å². The summed E-state index contributed by atoms with van der Waals surface area (Å²) < 4.78 is 0. The molecule has 154 valence electrons. The first-order chi connectivity index (χ1) is 14.2. The molecule has 0 aliphatic heterocycles. The number of carbonyl (C=O) groups is 1. The summed E-state index contributed by atoms with van der Waals surface area (Å²) in [6, 6.07) is 2.15. The van der Waals surface area contributed by atoms with Crippen molar-refractivity contribution in [2.24, 2.45) is 0 Å². The molecule has 3 heterocycles. The minimum absolute atomic E-state index is 0.0402. The second-order valence-corrected chi connectivity index (χ2v) is 10.6. The van der Waals surface area contributed by atoms with Crippen molar-refractivity contribution in [2.45, 2.75) is 75.0 Å². The van der Waals surface area contributed by atoms with Crippen molar-refractivity contribution in [1.82, 2.24) is 20.2 Å². The van der Waals surface area contributed by atoms with Gasteiger partial charge in [0.25, 0.3) is 0 Å². The molecular weight excluding hydrogens is 422 g/mol. The highest BCUT2D eigenvalue weighted by atomic mass is 32.2. The lowest BCUT2D eigenvalue weighted by Crippen LogP contribution is -2.24. The maximum Gasteiger partial charge on any atom is 0.239 e. The fourth-order valence-electron chi connectivity index (χ4n) is 3.59. The van der Waals surface area contributed by atoms with Gasteiger partial charge in [-0.05, 0) is 31.7 Å². The van der Waals surface area contributed by atoms with Gasteiger partial charge in [-0.15, -0.1) is 21.5 Å². The van der Waals surface area contributed by atoms with E-state index in [4.69, 9.17) is 0 Å². The van der Waals surface area contributed by atoms with E-state index in [-0.39, 0.29) is 11.2 Å². The monoisotopic (exact) mass is 447 g/mol. The van der Waals surface area contributed by atoms with Gasteiger partial charge in [-0.2, -0.15) is 0 Å². The Morgan fingerprint density at radius 3 is 2.79 bits per heavy atom. The minimum Gasteiger partial charge on any atom is -0.300 e. The van der Waals surface area contributed by atoms with E-state index in [0.717, 1.165) is 26.7 Å². The van der Waals surface area contributed by atoms with Crippen LogP contribution in [-0.4, -0.2) is 31.3 Å². The molecule has 1 atom stereocenters. The van der Waals surface area contributed by atoms with Crippen molar-refractivity contribution in [3.8, 4) is 0 Å². The summed E-state index contributed by atoms with van der Waals surface area (Å²) in [6.45, 7) is 4.16. The van der Waals surface area contributed by atoms with Crippen molar-refractivity contribution in [3.63, 3.8) is 0 Å². The Hall–Kier alpha value is -1.58. The molecule has 9 heteroatoms. The van der Waals surface area contributed by atoms with E-state index in [1.165, 1.54) is 60.1 Å². The van der Waals surface area contributed by atoms with Gasteiger partial charge in [-0.25, -0.2) is 9.97 Å². The maximum atomic E-state index is 12.9. The molecule has 29 heavy (non-hydrogen) atoms. The number of rotatable bonds is 7. The van der Waals surface area contributed by atoms with Crippen LogP contribution in [0.5, 0.6) is 0 Å². The number of hydrogen-bond donors (Lipinski definition) is 1. The highest BCUT2D eigenvalue weighted by Gasteiger charge is 2.24. The Morgan fingerprint density at radius 1 is 1.21 bits per heavy atom. The standard InChI is InChI=1S/C20H25N5OS3/c1-3-13-10-14-18(27-13)21-11-22-19(14)28-15(4-2)16(26)23-20-25-24-17(29-20)12-8-6-5-7-9-12/h10-12,15H,3-9H2,1-2H3,(H,23,25,26). The Labute approximate surface area is 183 Å². The van der Waals surface area contributed by atoms with E-state index in [0.29, 0.717) is 17.5 Å². The third kappa shape index (κ3) is 4.78. The van der Waals surface area contributed by atoms with Gasteiger partial charge in [0.1, 0.15) is 21.2 Å². The number of amides is 1. The Bertz CT molecular complexity index is 980. The third-order valence-electron chi connectivity index (χ3n) is 5.23. The van der Waals surface area contributed by atoms with E-state index in [1.807, 2.05) is 6.92 Å². The van der Waals surface area contributed by atoms with Crippen molar-refractivity contribution in [3.05, 3.63) is 22.3 Å². The van der Waals surface area contributed by atoms with Crippen LogP contribution in [0.3, 0.4) is 0 Å². The largest absolute Gasteiger partial charge is 0.300 e. The molecule has 1 aliphatic rings. The first kappa shape index (κ1) is 20.7. The summed E-state index contributed by atoms with van der Waals surface area (Å²) in [5.74, 6) is 0.463. The van der Waals surface area contributed by atoms with Gasteiger partial charge in [0.05, 0.1) is 5.25 Å². The van der Waals surface area contributed by atoms with Crippen LogP contribution in [0.25, 0.3) is 10.2 Å². The zero-order chi connectivity index (χ0) is 20.2. The molecule has 3 aromatic rings. The summed E-state index contributed by atoms with van der Waals surface area (Å²) in [4.78, 5) is 24.0. The average Bonchev–Trinajstić information content (AvgIpc) is 3.39. The fraction of sp³-hybridized carbons (Fsp3) is 0.550. The number of thioether (sulfide) groups is 1. The van der Waals surface area contributed by atoms with Crippen LogP contribution in [0.4, 0.5) is 5.13 Å². The highest BCUT2D eigenvalue weighted by Crippen LogP contribution is 2.36. The van der Waals surface area contributed by atoms with E-state index < -0.39 is 0 Å². The summed E-state index contributed by atoms with van der Waals surface area (Å²) in [6.07, 6.45) is 9.47. The van der Waals surface area contributed by atoms with Gasteiger partial charge in [-0.3, -0.25) is 10.1 Å². The quantitative estimate of drug-likeness (QED) is 0.372. The summed E-state index contributed by atoms with van der Waals surface area (Å²) >= 11 is 4.72. The van der Waals surface area contributed by atoms with Crippen LogP contribution in [0, 0.1) is 0 Å². The lowest BCUT2D eigenvalue weighted by molar-refractivity contribution is -0.115. The SMILES string of the molecule is CCc1cc2c(SC(CC)C(=O)Nc3nnc(C4CCCCC4)s3)ncnc2s1. The van der Waals surface area contributed by atoms with E-state index >= 15 is 0 Å². The number of nitrogens with one attached hydrogen (secondary N) is 1. The van der Waals surface area contributed by atoms with Gasteiger partial charge < -0.3 is 0 Å². The molecule has 1 amide bonds. The van der Waals surface area contributed by atoms with E-state index in [9.17, 15) is 4.79 Å². The molecule has 6 nitrogen and oxygen atoms in total. The number of aromatic nitrogens is 4. The van der Waals surface area contributed by atoms with E-state index in [2.05, 4.69) is 38.5 Å². The molecule has 1 aliphatic carbocycles. The van der Waals surface area contributed by atoms with E-state index in [1.54, 1.807) is 17.7 Å². The van der Waals surface area contributed by atoms with Gasteiger partial charge in [0.15, 0.2) is 0 Å². The Morgan fingerprint density at radius 2 is 2.03 bits per heavy atom. The van der Waals surface area contributed by atoms with Gasteiger partial charge in [-0.1, -0.05) is 56.2 Å². The first-order valence-corrected chi connectivity index (χ1v) is 12.7. The van der Waals surface area contributed by atoms with Crippen molar-refractivity contribution < 1.29 is 4.79 Å². The smallest absolute Gasteiger partial charge is 0.239 e. The Kier molecular flexibility index (Phi) is 6.77. The molecule has 1 fully saturated rings. The molecule has 0 bridgehead atoms. The summed E-state index contributed by atoms with van der Waals surface area (Å²) in [5.41, 5.74) is 0. The highest BCUT2D eigenvalue weighted by molar-refractivity contribution is 8.00. The van der Waals surface area contributed by atoms with Crippen LogP contribution in [0.1, 0.15) is 68.2 Å². The molecule has 0 saturated heterocycles. The molecule has 1 unspecified atom stereocenters. The number of thiophene rings is 1. The number of nitrogens with zero attached hydrogens (tertiary/aromatic N) is 4. The van der Waals surface area contributed by atoms with Crippen LogP contribution in [-0.2, 0) is 11.2 Å². The molecule has 4 rings (SSSR count). The third-order valence-corrected chi connectivity index (χ3v) is 8.80. The molecule has 0 aromatic carbocycles. The van der Waals surface area contributed by atoms with Crippen molar-refractivity contribution in [1.29, 1.82) is 0 Å². The fourth-order valence-corrected chi connectivity index (χ4v) is 6.50. The second-order valence-electron chi connectivity index (χ2n) is 7.25. The number of fused-ring (bicyclic) bond motifs is 1. The average molecular weight is 448 g/mol. The van der Waals surface area contributed by atoms with Crippen LogP contribution >= 0.6 is 34.4 Å². The zero-order valence-corrected chi connectivity index (χ0v) is 19.1. The zero-order valence-electron chi connectivity index (χ0n) is 16.7. The second kappa shape index (κ2) is 9.49. The maximum absolute atomic E-state index is 12.9. The molecule has 1 saturated carbocycles. The topological polar surface area (TPSA) is 80.7 Å². The minimum atomic E-state index is -0.236. The first-order valence-electron chi connectivity index (χ1n) is 10.2. The van der Waals surface area contributed by atoms with Gasteiger partial charge >= 0.3 is 0 Å². The van der Waals surface area contributed by atoms with Crippen LogP contribution in [0.2, 0.25) is 0 Å². The number of hydrogen-bond acceptors (Lipinski definition) is 8.